The lowest BCUT2D eigenvalue weighted by Crippen LogP contribution is -2.00. The fourth-order valence-electron chi connectivity index (χ4n) is 2.19. The molecule has 6 nitrogen and oxygen atoms in total. The number of aromatic amines is 1. The second-order valence-electron chi connectivity index (χ2n) is 5.07. The van der Waals surface area contributed by atoms with E-state index in [0.717, 1.165) is 30.7 Å². The predicted molar refractivity (Wildman–Crippen MR) is 98.2 cm³/mol. The van der Waals surface area contributed by atoms with Gasteiger partial charge >= 0.3 is 0 Å². The molecular formula is C16H21ClN4O2S. The Labute approximate surface area is 151 Å². The van der Waals surface area contributed by atoms with Crippen LogP contribution >= 0.6 is 23.8 Å². The average molecular weight is 369 g/mol. The summed E-state index contributed by atoms with van der Waals surface area (Å²) in [5.41, 5.74) is 0.786. The van der Waals surface area contributed by atoms with Crippen LogP contribution in [0.3, 0.4) is 0 Å². The summed E-state index contributed by atoms with van der Waals surface area (Å²) in [4.78, 5) is 0. The number of halogens is 1. The molecule has 1 aromatic heterocycles. The first-order valence-electron chi connectivity index (χ1n) is 7.81. The van der Waals surface area contributed by atoms with Crippen LogP contribution in [0.1, 0.15) is 38.1 Å². The fraction of sp³-hybridized carbons (Fsp3) is 0.438. The van der Waals surface area contributed by atoms with E-state index in [1.165, 1.54) is 0 Å². The first kappa shape index (κ1) is 18.5. The van der Waals surface area contributed by atoms with Gasteiger partial charge in [-0.3, -0.25) is 5.10 Å². The molecule has 0 atom stereocenters. The van der Waals surface area contributed by atoms with Crippen molar-refractivity contribution in [2.75, 3.05) is 13.7 Å². The number of aryl methyl sites for hydroxylation is 1. The van der Waals surface area contributed by atoms with Crippen LogP contribution in [0, 0.1) is 4.77 Å². The van der Waals surface area contributed by atoms with Gasteiger partial charge in [0.05, 0.1) is 25.0 Å². The lowest BCUT2D eigenvalue weighted by molar-refractivity contribution is 0.311. The van der Waals surface area contributed by atoms with E-state index in [4.69, 9.17) is 33.3 Å². The van der Waals surface area contributed by atoms with E-state index in [1.54, 1.807) is 24.1 Å². The van der Waals surface area contributed by atoms with E-state index in [2.05, 4.69) is 22.2 Å². The second kappa shape index (κ2) is 8.84. The van der Waals surface area contributed by atoms with Gasteiger partial charge in [0.15, 0.2) is 17.3 Å². The number of aromatic nitrogens is 3. The van der Waals surface area contributed by atoms with E-state index in [0.29, 0.717) is 27.9 Å². The smallest absolute Gasteiger partial charge is 0.216 e. The molecule has 0 spiro atoms. The van der Waals surface area contributed by atoms with Crippen molar-refractivity contribution in [3.8, 4) is 11.5 Å². The molecule has 0 saturated carbocycles. The average Bonchev–Trinajstić information content (AvgIpc) is 2.91. The van der Waals surface area contributed by atoms with E-state index in [9.17, 15) is 0 Å². The highest BCUT2D eigenvalue weighted by Gasteiger charge is 2.11. The highest BCUT2D eigenvalue weighted by Crippen LogP contribution is 2.35. The first-order chi connectivity index (χ1) is 11.6. The third kappa shape index (κ3) is 4.36. The molecule has 0 saturated heterocycles. The Morgan fingerprint density at radius 3 is 2.88 bits per heavy atom. The monoisotopic (exact) mass is 368 g/mol. The number of unbranched alkanes of at least 4 members (excludes halogenated alkanes) is 1. The molecule has 2 aromatic rings. The lowest BCUT2D eigenvalue weighted by atomic mass is 10.2. The molecule has 0 bridgehead atoms. The van der Waals surface area contributed by atoms with E-state index < -0.39 is 0 Å². The number of benzene rings is 1. The third-order valence-corrected chi connectivity index (χ3v) is 3.87. The maximum absolute atomic E-state index is 6.25. The van der Waals surface area contributed by atoms with Gasteiger partial charge in [-0.15, -0.1) is 0 Å². The van der Waals surface area contributed by atoms with Gasteiger partial charge in [-0.1, -0.05) is 24.9 Å². The maximum Gasteiger partial charge on any atom is 0.216 e. The molecular weight excluding hydrogens is 348 g/mol. The Morgan fingerprint density at radius 2 is 2.21 bits per heavy atom. The molecule has 0 fully saturated rings. The van der Waals surface area contributed by atoms with Crippen LogP contribution in [0.4, 0.5) is 0 Å². The summed E-state index contributed by atoms with van der Waals surface area (Å²) in [7, 11) is 1.56. The van der Waals surface area contributed by atoms with Gasteiger partial charge in [-0.25, -0.2) is 0 Å². The van der Waals surface area contributed by atoms with Crippen molar-refractivity contribution < 1.29 is 9.47 Å². The zero-order chi connectivity index (χ0) is 17.5. The zero-order valence-electron chi connectivity index (χ0n) is 14.0. The SMILES string of the molecule is CCCCc1n[nH]c(=S)n1/N=C\c1cc(Cl)c(OC)c(OCC)c1. The molecule has 0 aliphatic rings. The Bertz CT molecular complexity index is 770. The summed E-state index contributed by atoms with van der Waals surface area (Å²) >= 11 is 11.5. The van der Waals surface area contributed by atoms with Crippen LogP contribution in [0.5, 0.6) is 11.5 Å². The summed E-state index contributed by atoms with van der Waals surface area (Å²) in [6.45, 7) is 4.55. The van der Waals surface area contributed by atoms with Gasteiger partial charge < -0.3 is 9.47 Å². The quantitative estimate of drug-likeness (QED) is 0.559. The Hall–Kier alpha value is -1.86. The van der Waals surface area contributed by atoms with Crippen molar-refractivity contribution in [3.63, 3.8) is 0 Å². The minimum atomic E-state index is 0.460. The highest BCUT2D eigenvalue weighted by molar-refractivity contribution is 7.71. The number of methoxy groups -OCH3 is 1. The fourth-order valence-corrected chi connectivity index (χ4v) is 2.68. The molecule has 130 valence electrons. The maximum atomic E-state index is 6.25. The van der Waals surface area contributed by atoms with Crippen molar-refractivity contribution in [3.05, 3.63) is 33.3 Å². The highest BCUT2D eigenvalue weighted by atomic mass is 35.5. The standard InChI is InChI=1S/C16H21ClN4O2S/c1-4-6-7-14-19-20-16(24)21(14)18-10-11-8-12(17)15(22-3)13(9-11)23-5-2/h8-10H,4-7H2,1-3H3,(H,20,24)/b18-10-. The number of H-pyrrole nitrogens is 1. The Kier molecular flexibility index (Phi) is 6.81. The molecule has 0 aliphatic heterocycles. The summed E-state index contributed by atoms with van der Waals surface area (Å²) in [5.74, 6) is 1.90. The number of hydrogen-bond acceptors (Lipinski definition) is 5. The van der Waals surface area contributed by atoms with Gasteiger partial charge in [-0.2, -0.15) is 14.9 Å². The zero-order valence-corrected chi connectivity index (χ0v) is 15.6. The molecule has 1 N–H and O–H groups in total. The summed E-state index contributed by atoms with van der Waals surface area (Å²) in [6.07, 6.45) is 4.59. The molecule has 0 aliphatic carbocycles. The molecule has 0 unspecified atom stereocenters. The normalized spacial score (nSPS) is 11.2. The van der Waals surface area contributed by atoms with Crippen LogP contribution in [-0.2, 0) is 6.42 Å². The molecule has 2 rings (SSSR count). The second-order valence-corrected chi connectivity index (χ2v) is 5.87. The van der Waals surface area contributed by atoms with Crippen LogP contribution < -0.4 is 9.47 Å². The van der Waals surface area contributed by atoms with Crippen molar-refractivity contribution >= 4 is 30.0 Å². The number of rotatable bonds is 8. The Morgan fingerprint density at radius 1 is 1.42 bits per heavy atom. The van der Waals surface area contributed by atoms with Gasteiger partial charge in [0, 0.05) is 6.42 Å². The lowest BCUT2D eigenvalue weighted by Gasteiger charge is -2.11. The summed E-state index contributed by atoms with van der Waals surface area (Å²) < 4.78 is 12.9. The van der Waals surface area contributed by atoms with Crippen molar-refractivity contribution in [1.29, 1.82) is 0 Å². The number of nitrogens with one attached hydrogen (secondary N) is 1. The van der Waals surface area contributed by atoms with Gasteiger partial charge in [0.25, 0.3) is 0 Å². The van der Waals surface area contributed by atoms with Crippen molar-refractivity contribution in [2.24, 2.45) is 5.10 Å². The summed E-state index contributed by atoms with van der Waals surface area (Å²) in [5, 5.41) is 11.9. The van der Waals surface area contributed by atoms with Crippen LogP contribution in [0.2, 0.25) is 5.02 Å². The first-order valence-corrected chi connectivity index (χ1v) is 8.60. The van der Waals surface area contributed by atoms with Gasteiger partial charge in [0.2, 0.25) is 4.77 Å². The van der Waals surface area contributed by atoms with Crippen LogP contribution in [0.25, 0.3) is 0 Å². The summed E-state index contributed by atoms with van der Waals surface area (Å²) in [6, 6.07) is 3.59. The topological polar surface area (TPSA) is 64.4 Å². The number of ether oxygens (including phenoxy) is 2. The van der Waals surface area contributed by atoms with E-state index in [-0.39, 0.29) is 0 Å². The molecule has 1 aromatic carbocycles. The number of nitrogens with zero attached hydrogens (tertiary/aromatic N) is 3. The minimum Gasteiger partial charge on any atom is -0.491 e. The molecule has 1 heterocycles. The molecule has 0 radical (unpaired) electrons. The van der Waals surface area contributed by atoms with Crippen molar-refractivity contribution in [2.45, 2.75) is 33.1 Å². The van der Waals surface area contributed by atoms with Crippen molar-refractivity contribution in [1.82, 2.24) is 14.9 Å². The van der Waals surface area contributed by atoms with Gasteiger partial charge in [-0.05, 0) is 43.3 Å². The van der Waals surface area contributed by atoms with Crippen LogP contribution in [-0.4, -0.2) is 34.8 Å². The molecule has 8 heteroatoms. The van der Waals surface area contributed by atoms with E-state index in [1.807, 2.05) is 13.0 Å². The molecule has 24 heavy (non-hydrogen) atoms. The number of hydrogen-bond donors (Lipinski definition) is 1. The molecule has 0 amide bonds. The third-order valence-electron chi connectivity index (χ3n) is 3.33. The van der Waals surface area contributed by atoms with Crippen LogP contribution in [0.15, 0.2) is 17.2 Å². The largest absolute Gasteiger partial charge is 0.491 e. The minimum absolute atomic E-state index is 0.460. The van der Waals surface area contributed by atoms with Gasteiger partial charge in [0.1, 0.15) is 0 Å². The predicted octanol–water partition coefficient (Wildman–Crippen LogP) is 4.23. The van der Waals surface area contributed by atoms with E-state index >= 15 is 0 Å². The Balaban J connectivity index is 2.32.